The van der Waals surface area contributed by atoms with Crippen LogP contribution in [0.2, 0.25) is 0 Å². The molecule has 2 N–H and O–H groups in total. The lowest BCUT2D eigenvalue weighted by atomic mass is 10.0. The number of nitrogens with two attached hydrogens (primary N) is 1. The summed E-state index contributed by atoms with van der Waals surface area (Å²) in [5.74, 6) is -0.989. The molecule has 1 aromatic heterocycles. The molecule has 0 radical (unpaired) electrons. The van der Waals surface area contributed by atoms with E-state index in [1.54, 1.807) is 6.92 Å². The highest BCUT2D eigenvalue weighted by molar-refractivity contribution is 7.18. The van der Waals surface area contributed by atoms with Crippen molar-refractivity contribution < 1.29 is 19.1 Å². The number of carbonyl (C=O) groups is 2. The van der Waals surface area contributed by atoms with E-state index in [0.717, 1.165) is 36.2 Å². The highest BCUT2D eigenvalue weighted by Gasteiger charge is 2.24. The lowest BCUT2D eigenvalue weighted by Gasteiger charge is -2.08. The van der Waals surface area contributed by atoms with Crippen LogP contribution in [0, 0.1) is 11.3 Å². The van der Waals surface area contributed by atoms with Crippen LogP contribution >= 0.6 is 11.3 Å². The van der Waals surface area contributed by atoms with Gasteiger partial charge in [0.05, 0.1) is 18.6 Å². The van der Waals surface area contributed by atoms with E-state index < -0.39 is 11.9 Å². The molecule has 140 valence electrons. The average molecular weight is 384 g/mol. The summed E-state index contributed by atoms with van der Waals surface area (Å²) in [5.41, 5.74) is 9.82. The lowest BCUT2D eigenvalue weighted by molar-refractivity contribution is -0.144. The van der Waals surface area contributed by atoms with Crippen LogP contribution in [0.1, 0.15) is 50.8 Å². The Morgan fingerprint density at radius 2 is 2.04 bits per heavy atom. The molecule has 1 aliphatic rings. The molecule has 2 aromatic rings. The van der Waals surface area contributed by atoms with Crippen molar-refractivity contribution in [1.82, 2.24) is 0 Å². The highest BCUT2D eigenvalue weighted by atomic mass is 32.1. The number of fused-ring (bicyclic) bond motifs is 1. The number of hydrogen-bond acceptors (Lipinski definition) is 7. The fourth-order valence-corrected chi connectivity index (χ4v) is 4.13. The summed E-state index contributed by atoms with van der Waals surface area (Å²) in [5, 5.41) is 9.51. The molecule has 27 heavy (non-hydrogen) atoms. The Hall–Kier alpha value is -2.85. The van der Waals surface area contributed by atoms with Crippen molar-refractivity contribution in [2.45, 2.75) is 39.2 Å². The third-order valence-electron chi connectivity index (χ3n) is 4.50. The number of benzene rings is 1. The fraction of sp³-hybridized carbons (Fsp3) is 0.350. The Morgan fingerprint density at radius 3 is 2.78 bits per heavy atom. The van der Waals surface area contributed by atoms with Crippen LogP contribution in [-0.2, 0) is 40.1 Å². The smallest absolute Gasteiger partial charge is 0.348 e. The SMILES string of the molecule is CCOC(=O)c1sc(N)c(C#N)c1COC(=O)Cc1ccc2c(c1)CCC2. The first-order valence-electron chi connectivity index (χ1n) is 8.78. The van der Waals surface area contributed by atoms with Gasteiger partial charge in [0, 0.05) is 5.56 Å². The van der Waals surface area contributed by atoms with Crippen LogP contribution in [0.25, 0.3) is 0 Å². The van der Waals surface area contributed by atoms with Gasteiger partial charge in [-0.05, 0) is 42.9 Å². The predicted octanol–water partition coefficient (Wildman–Crippen LogP) is 3.15. The van der Waals surface area contributed by atoms with Crippen molar-refractivity contribution in [1.29, 1.82) is 5.26 Å². The number of anilines is 1. The third kappa shape index (κ3) is 4.12. The first kappa shape index (κ1) is 18.9. The molecule has 1 aliphatic carbocycles. The average Bonchev–Trinajstić information content (AvgIpc) is 3.23. The Kier molecular flexibility index (Phi) is 5.77. The standard InChI is InChI=1S/C20H20N2O4S/c1-2-25-20(24)18-16(15(10-21)19(22)27-18)11-26-17(23)9-12-6-7-13-4-3-5-14(13)8-12/h6-8H,2-5,9,11,22H2,1H3. The van der Waals surface area contributed by atoms with Crippen LogP contribution in [0.3, 0.4) is 0 Å². The topological polar surface area (TPSA) is 102 Å². The van der Waals surface area contributed by atoms with Gasteiger partial charge >= 0.3 is 11.9 Å². The molecule has 7 heteroatoms. The van der Waals surface area contributed by atoms with Gasteiger partial charge in [0.15, 0.2) is 0 Å². The van der Waals surface area contributed by atoms with E-state index in [9.17, 15) is 14.9 Å². The van der Waals surface area contributed by atoms with E-state index in [4.69, 9.17) is 15.2 Å². The van der Waals surface area contributed by atoms with Crippen molar-refractivity contribution in [2.75, 3.05) is 12.3 Å². The van der Waals surface area contributed by atoms with Gasteiger partial charge in [0.1, 0.15) is 22.6 Å². The van der Waals surface area contributed by atoms with Gasteiger partial charge in [-0.3, -0.25) is 4.79 Å². The summed E-state index contributed by atoms with van der Waals surface area (Å²) in [4.78, 5) is 24.5. The minimum Gasteiger partial charge on any atom is -0.462 e. The number of rotatable bonds is 6. The Bertz CT molecular complexity index is 927. The van der Waals surface area contributed by atoms with Crippen molar-refractivity contribution >= 4 is 28.3 Å². The Balaban J connectivity index is 1.69. The molecule has 0 saturated carbocycles. The molecular formula is C20H20N2O4S. The van der Waals surface area contributed by atoms with E-state index in [1.807, 2.05) is 12.1 Å². The van der Waals surface area contributed by atoms with Crippen molar-refractivity contribution in [3.8, 4) is 6.07 Å². The molecule has 0 saturated heterocycles. The van der Waals surface area contributed by atoms with Crippen LogP contribution in [0.5, 0.6) is 0 Å². The molecule has 0 aliphatic heterocycles. The molecule has 3 rings (SSSR count). The van der Waals surface area contributed by atoms with E-state index in [0.29, 0.717) is 5.56 Å². The van der Waals surface area contributed by atoms with Crippen LogP contribution in [-0.4, -0.2) is 18.5 Å². The second-order valence-electron chi connectivity index (χ2n) is 6.28. The first-order chi connectivity index (χ1) is 13.0. The summed E-state index contributed by atoms with van der Waals surface area (Å²) in [6.45, 7) is 1.71. The lowest BCUT2D eigenvalue weighted by Crippen LogP contribution is -2.11. The van der Waals surface area contributed by atoms with Crippen LogP contribution in [0.15, 0.2) is 18.2 Å². The predicted molar refractivity (Wildman–Crippen MR) is 101 cm³/mol. The number of nitriles is 1. The van der Waals surface area contributed by atoms with Gasteiger partial charge < -0.3 is 15.2 Å². The zero-order chi connectivity index (χ0) is 19.4. The van der Waals surface area contributed by atoms with E-state index in [-0.39, 0.29) is 35.1 Å². The molecule has 0 atom stereocenters. The molecule has 0 fully saturated rings. The quantitative estimate of drug-likeness (QED) is 0.768. The summed E-state index contributed by atoms with van der Waals surface area (Å²) in [7, 11) is 0. The number of carbonyl (C=O) groups excluding carboxylic acids is 2. The molecular weight excluding hydrogens is 364 g/mol. The highest BCUT2D eigenvalue weighted by Crippen LogP contribution is 2.32. The first-order valence-corrected chi connectivity index (χ1v) is 9.59. The van der Waals surface area contributed by atoms with E-state index in [2.05, 4.69) is 12.1 Å². The largest absolute Gasteiger partial charge is 0.462 e. The summed E-state index contributed by atoms with van der Waals surface area (Å²) < 4.78 is 10.3. The van der Waals surface area contributed by atoms with Crippen molar-refractivity contribution in [2.24, 2.45) is 0 Å². The number of aryl methyl sites for hydroxylation is 2. The molecule has 6 nitrogen and oxygen atoms in total. The van der Waals surface area contributed by atoms with E-state index in [1.165, 1.54) is 11.1 Å². The molecule has 0 amide bonds. The van der Waals surface area contributed by atoms with Gasteiger partial charge in [0.25, 0.3) is 0 Å². The maximum atomic E-state index is 12.3. The van der Waals surface area contributed by atoms with Gasteiger partial charge in [-0.15, -0.1) is 11.3 Å². The normalized spacial score (nSPS) is 12.3. The number of nitrogens with zero attached hydrogens (tertiary/aromatic N) is 1. The molecule has 0 bridgehead atoms. The monoisotopic (exact) mass is 384 g/mol. The maximum Gasteiger partial charge on any atom is 0.348 e. The van der Waals surface area contributed by atoms with Crippen LogP contribution < -0.4 is 5.73 Å². The maximum absolute atomic E-state index is 12.3. The summed E-state index contributed by atoms with van der Waals surface area (Å²) in [6.07, 6.45) is 3.42. The molecule has 0 unspecified atom stereocenters. The van der Waals surface area contributed by atoms with Crippen LogP contribution in [0.4, 0.5) is 5.00 Å². The van der Waals surface area contributed by atoms with Gasteiger partial charge in [-0.25, -0.2) is 4.79 Å². The second kappa shape index (κ2) is 8.23. The number of nitrogen functional groups attached to an aromatic ring is 1. The zero-order valence-electron chi connectivity index (χ0n) is 15.0. The molecule has 1 heterocycles. The molecule has 0 spiro atoms. The number of hydrogen-bond donors (Lipinski definition) is 1. The minimum atomic E-state index is -0.569. The Labute approximate surface area is 161 Å². The third-order valence-corrected chi connectivity index (χ3v) is 5.54. The number of ether oxygens (including phenoxy) is 2. The number of thiophene rings is 1. The number of esters is 2. The summed E-state index contributed by atoms with van der Waals surface area (Å²) >= 11 is 0.972. The molecule has 1 aromatic carbocycles. The van der Waals surface area contributed by atoms with Gasteiger partial charge in [-0.2, -0.15) is 5.26 Å². The van der Waals surface area contributed by atoms with E-state index >= 15 is 0 Å². The van der Waals surface area contributed by atoms with Crippen molar-refractivity contribution in [3.63, 3.8) is 0 Å². The van der Waals surface area contributed by atoms with Gasteiger partial charge in [-0.1, -0.05) is 18.2 Å². The Morgan fingerprint density at radius 1 is 1.26 bits per heavy atom. The summed E-state index contributed by atoms with van der Waals surface area (Å²) in [6, 6.07) is 8.03. The minimum absolute atomic E-state index is 0.142. The second-order valence-corrected chi connectivity index (χ2v) is 7.33. The van der Waals surface area contributed by atoms with Crippen molar-refractivity contribution in [3.05, 3.63) is 50.9 Å². The van der Waals surface area contributed by atoms with Gasteiger partial charge in [0.2, 0.25) is 0 Å². The zero-order valence-corrected chi connectivity index (χ0v) is 15.9. The fourth-order valence-electron chi connectivity index (χ4n) is 3.21.